The van der Waals surface area contributed by atoms with E-state index in [9.17, 15) is 8.42 Å². The summed E-state index contributed by atoms with van der Waals surface area (Å²) in [4.78, 5) is 0.232. The van der Waals surface area contributed by atoms with Gasteiger partial charge in [-0.3, -0.25) is 5.41 Å². The van der Waals surface area contributed by atoms with Crippen molar-refractivity contribution in [2.24, 2.45) is 5.73 Å². The van der Waals surface area contributed by atoms with Crippen molar-refractivity contribution in [1.82, 2.24) is 4.72 Å². The molecule has 0 radical (unpaired) electrons. The zero-order chi connectivity index (χ0) is 15.5. The molecule has 2 rings (SSSR count). The van der Waals surface area contributed by atoms with Gasteiger partial charge in [-0.05, 0) is 30.7 Å². The van der Waals surface area contributed by atoms with Gasteiger partial charge in [-0.2, -0.15) is 0 Å². The van der Waals surface area contributed by atoms with Gasteiger partial charge in [0.15, 0.2) is 0 Å². The van der Waals surface area contributed by atoms with Gasteiger partial charge >= 0.3 is 0 Å². The van der Waals surface area contributed by atoms with E-state index in [1.807, 2.05) is 6.92 Å². The molecule has 0 heterocycles. The van der Waals surface area contributed by atoms with Gasteiger partial charge < -0.3 is 5.73 Å². The Kier molecular flexibility index (Phi) is 4.40. The summed E-state index contributed by atoms with van der Waals surface area (Å²) in [6, 6.07) is 13.6. The lowest BCUT2D eigenvalue weighted by atomic mass is 10.1. The SMILES string of the molecule is Cc1ccc(S(=O)(=O)NCc2cccc(C(=N)N)c2)cc1. The summed E-state index contributed by atoms with van der Waals surface area (Å²) in [7, 11) is -3.54. The van der Waals surface area contributed by atoms with Crippen LogP contribution in [0.2, 0.25) is 0 Å². The van der Waals surface area contributed by atoms with Crippen LogP contribution in [0.1, 0.15) is 16.7 Å². The Bertz CT molecular complexity index is 753. The molecule has 0 aromatic heterocycles. The molecule has 0 fully saturated rings. The van der Waals surface area contributed by atoms with Crippen LogP contribution in [0.4, 0.5) is 0 Å². The fourth-order valence-corrected chi connectivity index (χ4v) is 2.85. The first-order valence-corrected chi connectivity index (χ1v) is 7.86. The monoisotopic (exact) mass is 303 g/mol. The van der Waals surface area contributed by atoms with Gasteiger partial charge in [0.25, 0.3) is 0 Å². The third kappa shape index (κ3) is 3.90. The van der Waals surface area contributed by atoms with E-state index in [1.165, 1.54) is 0 Å². The molecular formula is C15H17N3O2S. The number of aryl methyl sites for hydroxylation is 1. The standard InChI is InChI=1S/C15H17N3O2S/c1-11-5-7-14(8-6-11)21(19,20)18-10-12-3-2-4-13(9-12)15(16)17/h2-9,18H,10H2,1H3,(H3,16,17). The van der Waals surface area contributed by atoms with Crippen LogP contribution < -0.4 is 10.5 Å². The Hall–Kier alpha value is -2.18. The van der Waals surface area contributed by atoms with Crippen molar-refractivity contribution >= 4 is 15.9 Å². The molecule has 2 aromatic rings. The van der Waals surface area contributed by atoms with Gasteiger partial charge in [-0.15, -0.1) is 0 Å². The molecule has 0 unspecified atom stereocenters. The van der Waals surface area contributed by atoms with E-state index in [-0.39, 0.29) is 17.3 Å². The van der Waals surface area contributed by atoms with Gasteiger partial charge in [-0.25, -0.2) is 13.1 Å². The highest BCUT2D eigenvalue weighted by atomic mass is 32.2. The minimum atomic E-state index is -3.54. The van der Waals surface area contributed by atoms with Crippen molar-refractivity contribution in [3.05, 3.63) is 65.2 Å². The molecule has 0 aliphatic carbocycles. The zero-order valence-corrected chi connectivity index (χ0v) is 12.4. The number of benzene rings is 2. The second-order valence-electron chi connectivity index (χ2n) is 4.75. The van der Waals surface area contributed by atoms with Gasteiger partial charge in [0.2, 0.25) is 10.0 Å². The highest BCUT2D eigenvalue weighted by Gasteiger charge is 2.13. The average Bonchev–Trinajstić information content (AvgIpc) is 2.46. The van der Waals surface area contributed by atoms with E-state index in [1.54, 1.807) is 48.5 Å². The lowest BCUT2D eigenvalue weighted by Crippen LogP contribution is -2.23. The molecule has 2 aromatic carbocycles. The van der Waals surface area contributed by atoms with Crippen LogP contribution in [-0.2, 0) is 16.6 Å². The molecule has 6 heteroatoms. The first kappa shape index (κ1) is 15.2. The smallest absolute Gasteiger partial charge is 0.240 e. The molecule has 5 nitrogen and oxygen atoms in total. The Morgan fingerprint density at radius 3 is 2.48 bits per heavy atom. The number of hydrogen-bond acceptors (Lipinski definition) is 3. The third-order valence-electron chi connectivity index (χ3n) is 3.04. The summed E-state index contributed by atoms with van der Waals surface area (Å²) >= 11 is 0. The maximum atomic E-state index is 12.2. The maximum Gasteiger partial charge on any atom is 0.240 e. The number of sulfonamides is 1. The second-order valence-corrected chi connectivity index (χ2v) is 6.52. The van der Waals surface area contributed by atoms with Gasteiger partial charge in [0, 0.05) is 12.1 Å². The number of rotatable bonds is 5. The predicted octanol–water partition coefficient (Wildman–Crippen LogP) is 1.76. The Morgan fingerprint density at radius 1 is 1.19 bits per heavy atom. The molecule has 0 aliphatic rings. The molecule has 0 bridgehead atoms. The van der Waals surface area contributed by atoms with Crippen molar-refractivity contribution in [1.29, 1.82) is 5.41 Å². The summed E-state index contributed by atoms with van der Waals surface area (Å²) in [5, 5.41) is 7.38. The van der Waals surface area contributed by atoms with Crippen LogP contribution in [0.3, 0.4) is 0 Å². The minimum absolute atomic E-state index is 0.0433. The van der Waals surface area contributed by atoms with Crippen molar-refractivity contribution in [2.45, 2.75) is 18.4 Å². The number of nitrogens with one attached hydrogen (secondary N) is 2. The first-order valence-electron chi connectivity index (χ1n) is 6.38. The molecular weight excluding hydrogens is 286 g/mol. The van der Waals surface area contributed by atoms with E-state index in [0.29, 0.717) is 5.56 Å². The topological polar surface area (TPSA) is 96.0 Å². The average molecular weight is 303 g/mol. The van der Waals surface area contributed by atoms with Crippen molar-refractivity contribution in [3.8, 4) is 0 Å². The molecule has 0 saturated heterocycles. The summed E-state index contributed by atoms with van der Waals surface area (Å²) in [6.07, 6.45) is 0. The van der Waals surface area contributed by atoms with Crippen LogP contribution in [-0.4, -0.2) is 14.3 Å². The van der Waals surface area contributed by atoms with Crippen LogP contribution in [0, 0.1) is 12.3 Å². The molecule has 0 amide bonds. The first-order chi connectivity index (χ1) is 9.88. The van der Waals surface area contributed by atoms with Crippen LogP contribution in [0.25, 0.3) is 0 Å². The van der Waals surface area contributed by atoms with Crippen LogP contribution >= 0.6 is 0 Å². The van der Waals surface area contributed by atoms with Crippen molar-refractivity contribution in [2.75, 3.05) is 0 Å². The fraction of sp³-hybridized carbons (Fsp3) is 0.133. The molecule has 0 aliphatic heterocycles. The molecule has 4 N–H and O–H groups in total. The summed E-state index contributed by atoms with van der Waals surface area (Å²) < 4.78 is 26.9. The second kappa shape index (κ2) is 6.07. The van der Waals surface area contributed by atoms with Crippen molar-refractivity contribution in [3.63, 3.8) is 0 Å². The Labute approximate surface area is 124 Å². The number of hydrogen-bond donors (Lipinski definition) is 3. The van der Waals surface area contributed by atoms with Gasteiger partial charge in [-0.1, -0.05) is 35.9 Å². The molecule has 0 saturated carbocycles. The number of nitrogens with two attached hydrogens (primary N) is 1. The lowest BCUT2D eigenvalue weighted by Gasteiger charge is -2.08. The Morgan fingerprint density at radius 2 is 1.86 bits per heavy atom. The highest BCUT2D eigenvalue weighted by Crippen LogP contribution is 2.11. The zero-order valence-electron chi connectivity index (χ0n) is 11.6. The van der Waals surface area contributed by atoms with Gasteiger partial charge in [0.05, 0.1) is 4.90 Å². The molecule has 21 heavy (non-hydrogen) atoms. The van der Waals surface area contributed by atoms with Gasteiger partial charge in [0.1, 0.15) is 5.84 Å². The van der Waals surface area contributed by atoms with E-state index < -0.39 is 10.0 Å². The molecule has 0 atom stereocenters. The van der Waals surface area contributed by atoms with E-state index in [4.69, 9.17) is 11.1 Å². The van der Waals surface area contributed by atoms with E-state index >= 15 is 0 Å². The lowest BCUT2D eigenvalue weighted by molar-refractivity contribution is 0.581. The quantitative estimate of drug-likeness (QED) is 0.580. The van der Waals surface area contributed by atoms with Crippen LogP contribution in [0.5, 0.6) is 0 Å². The number of amidine groups is 1. The van der Waals surface area contributed by atoms with E-state index in [2.05, 4.69) is 4.72 Å². The molecule has 110 valence electrons. The van der Waals surface area contributed by atoms with Crippen LogP contribution in [0.15, 0.2) is 53.4 Å². The maximum absolute atomic E-state index is 12.2. The largest absolute Gasteiger partial charge is 0.384 e. The summed E-state index contributed by atoms with van der Waals surface area (Å²) in [5.74, 6) is -0.0433. The predicted molar refractivity (Wildman–Crippen MR) is 82.7 cm³/mol. The summed E-state index contributed by atoms with van der Waals surface area (Å²) in [5.41, 5.74) is 7.74. The van der Waals surface area contributed by atoms with E-state index in [0.717, 1.165) is 11.1 Å². The highest BCUT2D eigenvalue weighted by molar-refractivity contribution is 7.89. The summed E-state index contributed by atoms with van der Waals surface area (Å²) in [6.45, 7) is 2.05. The molecule has 0 spiro atoms. The number of nitrogen functional groups attached to an aromatic ring is 1. The van der Waals surface area contributed by atoms with Crippen molar-refractivity contribution < 1.29 is 8.42 Å². The third-order valence-corrected chi connectivity index (χ3v) is 4.45. The minimum Gasteiger partial charge on any atom is -0.384 e. The normalized spacial score (nSPS) is 11.3. The fourth-order valence-electron chi connectivity index (χ4n) is 1.83. The Balaban J connectivity index is 2.13.